The Hall–Kier alpha value is -3.67. The quantitative estimate of drug-likeness (QED) is 0.238. The van der Waals surface area contributed by atoms with Crippen LogP contribution in [0.15, 0.2) is 66.7 Å². The first-order valence-electron chi connectivity index (χ1n) is 13.2. The molecular formula is C32H33F6NO2. The molecule has 9 heteroatoms. The first kappa shape index (κ1) is 31.9. The lowest BCUT2D eigenvalue weighted by molar-refractivity contribution is -0.288. The van der Waals surface area contributed by atoms with Crippen LogP contribution in [0, 0.1) is 17.2 Å². The molecule has 0 amide bonds. The lowest BCUT2D eigenvalue weighted by atomic mass is 9.71. The number of nitriles is 1. The molecule has 0 aliphatic rings. The van der Waals surface area contributed by atoms with Crippen LogP contribution in [0.1, 0.15) is 70.2 Å². The zero-order valence-electron chi connectivity index (χ0n) is 23.7. The normalized spacial score (nSPS) is 13.6. The summed E-state index contributed by atoms with van der Waals surface area (Å²) in [6.07, 6.45) is -10.9. The summed E-state index contributed by atoms with van der Waals surface area (Å²) in [5, 5.41) is 9.93. The summed E-state index contributed by atoms with van der Waals surface area (Å²) in [6.45, 7) is 11.5. The number of rotatable bonds is 9. The van der Waals surface area contributed by atoms with Gasteiger partial charge in [-0.1, -0.05) is 70.5 Å². The minimum atomic E-state index is -5.72. The fraction of sp³-hybridized carbons (Fsp3) is 0.406. The number of benzene rings is 3. The van der Waals surface area contributed by atoms with Crippen LogP contribution in [-0.4, -0.2) is 18.5 Å². The van der Waals surface area contributed by atoms with Gasteiger partial charge in [-0.25, -0.2) is 0 Å². The van der Waals surface area contributed by atoms with Gasteiger partial charge in [0.05, 0.1) is 11.7 Å². The van der Waals surface area contributed by atoms with Gasteiger partial charge in [0, 0.05) is 0 Å². The number of ether oxygens (including phenoxy) is 2. The van der Waals surface area contributed by atoms with Gasteiger partial charge >= 0.3 is 12.4 Å². The molecule has 0 saturated carbocycles. The fourth-order valence-electron chi connectivity index (χ4n) is 4.98. The lowest BCUT2D eigenvalue weighted by Crippen LogP contribution is -2.54. The Bertz CT molecular complexity index is 1350. The van der Waals surface area contributed by atoms with Gasteiger partial charge in [0.25, 0.3) is 0 Å². The van der Waals surface area contributed by atoms with Crippen molar-refractivity contribution in [1.29, 1.82) is 5.26 Å². The van der Waals surface area contributed by atoms with E-state index in [4.69, 9.17) is 9.47 Å². The van der Waals surface area contributed by atoms with Crippen LogP contribution in [0.2, 0.25) is 0 Å². The van der Waals surface area contributed by atoms with E-state index in [2.05, 4.69) is 13.0 Å². The fourth-order valence-corrected chi connectivity index (χ4v) is 4.98. The summed E-state index contributed by atoms with van der Waals surface area (Å²) in [6, 6.07) is 14.6. The van der Waals surface area contributed by atoms with E-state index in [1.807, 2.05) is 26.8 Å². The monoisotopic (exact) mass is 577 g/mol. The summed E-state index contributed by atoms with van der Waals surface area (Å²) in [5.74, 6) is 0.515. The Balaban J connectivity index is 2.09. The Kier molecular flexibility index (Phi) is 9.07. The largest absolute Gasteiger partial charge is 0.491 e. The average molecular weight is 578 g/mol. The molecule has 0 fully saturated rings. The van der Waals surface area contributed by atoms with Gasteiger partial charge in [-0.2, -0.15) is 31.6 Å². The smallest absolute Gasteiger partial charge is 0.411 e. The Morgan fingerprint density at radius 1 is 0.756 bits per heavy atom. The molecule has 0 aliphatic heterocycles. The first-order valence-corrected chi connectivity index (χ1v) is 13.2. The van der Waals surface area contributed by atoms with Gasteiger partial charge in [-0.15, -0.1) is 0 Å². The molecule has 0 aliphatic carbocycles. The van der Waals surface area contributed by atoms with E-state index in [-0.39, 0.29) is 34.8 Å². The molecule has 0 radical (unpaired) electrons. The molecule has 1 atom stereocenters. The van der Waals surface area contributed by atoms with Crippen molar-refractivity contribution < 1.29 is 35.8 Å². The molecule has 3 nitrogen and oxygen atoms in total. The second kappa shape index (κ2) is 11.7. The summed E-state index contributed by atoms with van der Waals surface area (Å²) in [5.41, 5.74) is -5.71. The van der Waals surface area contributed by atoms with Crippen molar-refractivity contribution in [2.45, 2.75) is 77.2 Å². The van der Waals surface area contributed by atoms with E-state index in [0.717, 1.165) is 60.5 Å². The van der Waals surface area contributed by atoms with E-state index < -0.39 is 34.3 Å². The highest BCUT2D eigenvalue weighted by atomic mass is 19.4. The molecule has 3 aromatic carbocycles. The SMILES string of the molecule is CCC(C)C(C)(C)c1cccc(Oc2ccc(C(c3ccc(OC(C)C)cc3)(C(F)(F)F)C(F)(F)F)cc2)c1C#N. The molecule has 3 rings (SSSR count). The molecule has 41 heavy (non-hydrogen) atoms. The minimum Gasteiger partial charge on any atom is -0.491 e. The molecule has 220 valence electrons. The van der Waals surface area contributed by atoms with Crippen molar-refractivity contribution >= 4 is 0 Å². The van der Waals surface area contributed by atoms with E-state index in [1.165, 1.54) is 0 Å². The van der Waals surface area contributed by atoms with Crippen LogP contribution >= 0.6 is 0 Å². The van der Waals surface area contributed by atoms with Gasteiger partial charge < -0.3 is 9.47 Å². The predicted octanol–water partition coefficient (Wildman–Crippen LogP) is 9.87. The van der Waals surface area contributed by atoms with Gasteiger partial charge in [-0.05, 0) is 72.2 Å². The van der Waals surface area contributed by atoms with Crippen molar-refractivity contribution in [3.05, 3.63) is 89.0 Å². The zero-order chi connectivity index (χ0) is 30.8. The molecule has 3 aromatic rings. The topological polar surface area (TPSA) is 42.2 Å². The van der Waals surface area contributed by atoms with Gasteiger partial charge in [0.1, 0.15) is 23.3 Å². The van der Waals surface area contributed by atoms with E-state index in [0.29, 0.717) is 0 Å². The number of hydrogen-bond acceptors (Lipinski definition) is 3. The molecule has 0 heterocycles. The molecule has 0 spiro atoms. The van der Waals surface area contributed by atoms with E-state index in [1.54, 1.807) is 26.0 Å². The van der Waals surface area contributed by atoms with Crippen LogP contribution in [0.5, 0.6) is 17.2 Å². The Labute approximate surface area is 236 Å². The number of nitrogens with zero attached hydrogens (tertiary/aromatic N) is 1. The standard InChI is InChI=1S/C32H33F6NO2/c1-7-21(4)29(5,6)27-9-8-10-28(26(27)19-39)41-25-17-13-23(14-18-25)30(31(33,34)35,32(36,37)38)22-11-15-24(16-12-22)40-20(2)3/h8-18,20-21H,7H2,1-6H3. The highest BCUT2D eigenvalue weighted by Crippen LogP contribution is 2.56. The minimum absolute atomic E-state index is 0.0114. The third-order valence-electron chi connectivity index (χ3n) is 7.70. The van der Waals surface area contributed by atoms with E-state index in [9.17, 15) is 31.6 Å². The summed E-state index contributed by atoms with van der Waals surface area (Å²) in [7, 11) is 0. The molecule has 0 bridgehead atoms. The highest BCUT2D eigenvalue weighted by molar-refractivity contribution is 5.54. The number of alkyl halides is 6. The molecule has 0 aromatic heterocycles. The highest BCUT2D eigenvalue weighted by Gasteiger charge is 2.72. The maximum Gasteiger partial charge on any atom is 0.411 e. The van der Waals surface area contributed by atoms with Crippen LogP contribution in [0.3, 0.4) is 0 Å². The second-order valence-electron chi connectivity index (χ2n) is 10.9. The predicted molar refractivity (Wildman–Crippen MR) is 145 cm³/mol. The van der Waals surface area contributed by atoms with Gasteiger partial charge in [0.15, 0.2) is 0 Å². The van der Waals surface area contributed by atoms with Crippen LogP contribution < -0.4 is 9.47 Å². The van der Waals surface area contributed by atoms with Crippen LogP contribution in [0.4, 0.5) is 26.3 Å². The Morgan fingerprint density at radius 2 is 1.24 bits per heavy atom. The van der Waals surface area contributed by atoms with Crippen molar-refractivity contribution in [3.63, 3.8) is 0 Å². The third kappa shape index (κ3) is 6.02. The summed E-state index contributed by atoms with van der Waals surface area (Å²) >= 11 is 0. The number of halogens is 6. The molecule has 1 unspecified atom stereocenters. The molecule has 0 saturated heterocycles. The second-order valence-corrected chi connectivity index (χ2v) is 10.9. The summed E-state index contributed by atoms with van der Waals surface area (Å²) in [4.78, 5) is 0. The third-order valence-corrected chi connectivity index (χ3v) is 7.70. The maximum atomic E-state index is 14.5. The first-order chi connectivity index (χ1) is 19.0. The summed E-state index contributed by atoms with van der Waals surface area (Å²) < 4.78 is 98.4. The molecule has 0 N–H and O–H groups in total. The van der Waals surface area contributed by atoms with Crippen LogP contribution in [0.25, 0.3) is 0 Å². The van der Waals surface area contributed by atoms with Crippen molar-refractivity contribution in [3.8, 4) is 23.3 Å². The molecular weight excluding hydrogens is 544 g/mol. The maximum absolute atomic E-state index is 14.5. The zero-order valence-corrected chi connectivity index (χ0v) is 23.7. The van der Waals surface area contributed by atoms with E-state index >= 15 is 0 Å². The number of hydrogen-bond donors (Lipinski definition) is 0. The lowest BCUT2D eigenvalue weighted by Gasteiger charge is -2.38. The van der Waals surface area contributed by atoms with Crippen LogP contribution in [-0.2, 0) is 10.8 Å². The van der Waals surface area contributed by atoms with Crippen molar-refractivity contribution in [2.75, 3.05) is 0 Å². The van der Waals surface area contributed by atoms with Gasteiger partial charge in [0.2, 0.25) is 5.41 Å². The van der Waals surface area contributed by atoms with Crippen molar-refractivity contribution in [1.82, 2.24) is 0 Å². The van der Waals surface area contributed by atoms with Gasteiger partial charge in [-0.3, -0.25) is 0 Å². The Morgan fingerprint density at radius 3 is 1.66 bits per heavy atom. The van der Waals surface area contributed by atoms with Crippen molar-refractivity contribution in [2.24, 2.45) is 5.92 Å². The average Bonchev–Trinajstić information content (AvgIpc) is 2.88.